The van der Waals surface area contributed by atoms with E-state index in [9.17, 15) is 4.39 Å². The van der Waals surface area contributed by atoms with Gasteiger partial charge in [-0.1, -0.05) is 33.1 Å². The summed E-state index contributed by atoms with van der Waals surface area (Å²) in [6.45, 7) is 7.48. The third-order valence-corrected chi connectivity index (χ3v) is 3.28. The minimum atomic E-state index is -0.339. The molecule has 0 bridgehead atoms. The van der Waals surface area contributed by atoms with Gasteiger partial charge in [0.25, 0.3) is 5.88 Å². The summed E-state index contributed by atoms with van der Waals surface area (Å²) in [5.41, 5.74) is 0.607. The Labute approximate surface area is 121 Å². The van der Waals surface area contributed by atoms with E-state index in [-0.39, 0.29) is 17.8 Å². The van der Waals surface area contributed by atoms with Gasteiger partial charge in [0.2, 0.25) is 0 Å². The maximum Gasteiger partial charge on any atom is 0.250 e. The lowest BCUT2D eigenvalue weighted by atomic mass is 10.1. The zero-order valence-electron chi connectivity index (χ0n) is 12.9. The fraction of sp³-hybridized carbons (Fsp3) is 0.688. The number of ether oxygens (including phenoxy) is 1. The molecule has 1 heterocycles. The molecule has 1 atom stereocenters. The highest BCUT2D eigenvalue weighted by atomic mass is 19.1. The molecule has 0 aliphatic heterocycles. The molecule has 0 aliphatic rings. The molecule has 1 rings (SSSR count). The van der Waals surface area contributed by atoms with Crippen LogP contribution in [0.4, 0.5) is 4.39 Å². The van der Waals surface area contributed by atoms with Gasteiger partial charge < -0.3 is 10.1 Å². The third-order valence-electron chi connectivity index (χ3n) is 3.28. The average Bonchev–Trinajstić information content (AvgIpc) is 2.44. The standard InChI is InChI=1S/C16H27FN2O/c1-4-6-7-8-9-13(3)20-16-15(17)14(10-11-19-16)12-18-5-2/h10-11,13,18H,4-9,12H2,1-3H3. The van der Waals surface area contributed by atoms with Gasteiger partial charge in [0.15, 0.2) is 5.82 Å². The summed E-state index contributed by atoms with van der Waals surface area (Å²) in [6.07, 6.45) is 7.35. The Morgan fingerprint density at radius 1 is 1.30 bits per heavy atom. The van der Waals surface area contributed by atoms with Crippen LogP contribution in [0.15, 0.2) is 12.3 Å². The van der Waals surface area contributed by atoms with Crippen molar-refractivity contribution in [1.82, 2.24) is 10.3 Å². The molecule has 0 saturated heterocycles. The number of halogens is 1. The topological polar surface area (TPSA) is 34.1 Å². The van der Waals surface area contributed by atoms with Crippen molar-refractivity contribution < 1.29 is 9.13 Å². The summed E-state index contributed by atoms with van der Waals surface area (Å²) in [5.74, 6) is -0.211. The Kier molecular flexibility index (Phi) is 8.19. The first-order valence-electron chi connectivity index (χ1n) is 7.69. The van der Waals surface area contributed by atoms with E-state index in [0.29, 0.717) is 12.1 Å². The zero-order chi connectivity index (χ0) is 14.8. The first-order valence-corrected chi connectivity index (χ1v) is 7.69. The number of nitrogens with zero attached hydrogens (tertiary/aromatic N) is 1. The lowest BCUT2D eigenvalue weighted by Crippen LogP contribution is -2.16. The van der Waals surface area contributed by atoms with Crippen LogP contribution in [0.3, 0.4) is 0 Å². The van der Waals surface area contributed by atoms with Gasteiger partial charge in [0.05, 0.1) is 6.10 Å². The Bertz CT molecular complexity index is 385. The molecule has 4 heteroatoms. The van der Waals surface area contributed by atoms with Crippen LogP contribution in [0, 0.1) is 5.82 Å². The lowest BCUT2D eigenvalue weighted by Gasteiger charge is -2.15. The highest BCUT2D eigenvalue weighted by Crippen LogP contribution is 2.20. The molecule has 20 heavy (non-hydrogen) atoms. The number of hydrogen-bond donors (Lipinski definition) is 1. The summed E-state index contributed by atoms with van der Waals surface area (Å²) in [7, 11) is 0. The van der Waals surface area contributed by atoms with Crippen LogP contribution in [-0.2, 0) is 6.54 Å². The van der Waals surface area contributed by atoms with Crippen molar-refractivity contribution >= 4 is 0 Å². The second kappa shape index (κ2) is 9.70. The maximum atomic E-state index is 14.2. The minimum Gasteiger partial charge on any atom is -0.473 e. The SMILES string of the molecule is CCCCCCC(C)Oc1nccc(CNCC)c1F. The molecule has 1 N–H and O–H groups in total. The molecule has 0 aromatic carbocycles. The summed E-state index contributed by atoms with van der Waals surface area (Å²) in [6, 6.07) is 1.69. The summed E-state index contributed by atoms with van der Waals surface area (Å²) in [4.78, 5) is 4.01. The van der Waals surface area contributed by atoms with E-state index in [1.165, 1.54) is 19.3 Å². The first kappa shape index (κ1) is 16.9. The largest absolute Gasteiger partial charge is 0.473 e. The highest BCUT2D eigenvalue weighted by molar-refractivity contribution is 5.23. The van der Waals surface area contributed by atoms with Crippen molar-refractivity contribution in [2.45, 2.75) is 65.5 Å². The Morgan fingerprint density at radius 3 is 2.80 bits per heavy atom. The van der Waals surface area contributed by atoms with E-state index < -0.39 is 0 Å². The first-order chi connectivity index (χ1) is 9.69. The van der Waals surface area contributed by atoms with Crippen molar-refractivity contribution in [1.29, 1.82) is 0 Å². The van der Waals surface area contributed by atoms with Crippen LogP contribution in [0.5, 0.6) is 5.88 Å². The maximum absolute atomic E-state index is 14.2. The van der Waals surface area contributed by atoms with Gasteiger partial charge in [0.1, 0.15) is 0 Å². The molecular formula is C16H27FN2O. The predicted molar refractivity (Wildman–Crippen MR) is 80.4 cm³/mol. The molecule has 1 aromatic heterocycles. The monoisotopic (exact) mass is 282 g/mol. The number of unbranched alkanes of at least 4 members (excludes halogenated alkanes) is 3. The molecule has 0 radical (unpaired) electrons. The summed E-state index contributed by atoms with van der Waals surface area (Å²) >= 11 is 0. The van der Waals surface area contributed by atoms with Crippen molar-refractivity contribution in [3.05, 3.63) is 23.6 Å². The van der Waals surface area contributed by atoms with Crippen LogP contribution >= 0.6 is 0 Å². The molecule has 0 amide bonds. The number of hydrogen-bond acceptors (Lipinski definition) is 3. The van der Waals surface area contributed by atoms with E-state index in [1.807, 2.05) is 13.8 Å². The Hall–Kier alpha value is -1.16. The summed E-state index contributed by atoms with van der Waals surface area (Å²) in [5, 5.41) is 3.11. The van der Waals surface area contributed by atoms with Gasteiger partial charge in [0, 0.05) is 18.3 Å². The van der Waals surface area contributed by atoms with E-state index in [0.717, 1.165) is 19.4 Å². The fourth-order valence-electron chi connectivity index (χ4n) is 2.05. The van der Waals surface area contributed by atoms with Crippen LogP contribution < -0.4 is 10.1 Å². The van der Waals surface area contributed by atoms with Gasteiger partial charge in [-0.25, -0.2) is 9.37 Å². The molecule has 1 aromatic rings. The number of nitrogens with one attached hydrogen (secondary N) is 1. The van der Waals surface area contributed by atoms with Crippen LogP contribution in [0.1, 0.15) is 58.4 Å². The van der Waals surface area contributed by atoms with Crippen molar-refractivity contribution in [3.8, 4) is 5.88 Å². The minimum absolute atomic E-state index is 0.00300. The predicted octanol–water partition coefficient (Wildman–Crippen LogP) is 4.07. The van der Waals surface area contributed by atoms with E-state index in [4.69, 9.17) is 4.74 Å². The quantitative estimate of drug-likeness (QED) is 0.657. The number of pyridine rings is 1. The smallest absolute Gasteiger partial charge is 0.250 e. The van der Waals surface area contributed by atoms with Crippen molar-refractivity contribution in [3.63, 3.8) is 0 Å². The molecule has 1 unspecified atom stereocenters. The second-order valence-corrected chi connectivity index (χ2v) is 5.15. The molecule has 0 aliphatic carbocycles. The molecule has 0 spiro atoms. The second-order valence-electron chi connectivity index (χ2n) is 5.15. The van der Waals surface area contributed by atoms with Gasteiger partial charge in [-0.2, -0.15) is 0 Å². The lowest BCUT2D eigenvalue weighted by molar-refractivity contribution is 0.188. The van der Waals surface area contributed by atoms with Gasteiger partial charge in [-0.05, 0) is 32.4 Å². The molecule has 0 saturated carbocycles. The van der Waals surface area contributed by atoms with Gasteiger partial charge in [-0.15, -0.1) is 0 Å². The number of aromatic nitrogens is 1. The van der Waals surface area contributed by atoms with Crippen LogP contribution in [0.2, 0.25) is 0 Å². The van der Waals surface area contributed by atoms with Gasteiger partial charge >= 0.3 is 0 Å². The molecule has 114 valence electrons. The fourth-order valence-corrected chi connectivity index (χ4v) is 2.05. The zero-order valence-corrected chi connectivity index (χ0v) is 12.9. The van der Waals surface area contributed by atoms with E-state index >= 15 is 0 Å². The van der Waals surface area contributed by atoms with Gasteiger partial charge in [-0.3, -0.25) is 0 Å². The third kappa shape index (κ3) is 5.87. The number of rotatable bonds is 10. The molecular weight excluding hydrogens is 255 g/mol. The van der Waals surface area contributed by atoms with Crippen molar-refractivity contribution in [2.24, 2.45) is 0 Å². The normalized spacial score (nSPS) is 12.4. The molecule has 0 fully saturated rings. The summed E-state index contributed by atoms with van der Waals surface area (Å²) < 4.78 is 19.8. The van der Waals surface area contributed by atoms with Crippen molar-refractivity contribution in [2.75, 3.05) is 6.54 Å². The molecule has 3 nitrogen and oxygen atoms in total. The van der Waals surface area contributed by atoms with E-state index in [2.05, 4.69) is 17.2 Å². The average molecular weight is 282 g/mol. The van der Waals surface area contributed by atoms with Crippen LogP contribution in [-0.4, -0.2) is 17.6 Å². The highest BCUT2D eigenvalue weighted by Gasteiger charge is 2.13. The van der Waals surface area contributed by atoms with E-state index in [1.54, 1.807) is 12.3 Å². The Balaban J connectivity index is 2.49. The van der Waals surface area contributed by atoms with Crippen LogP contribution in [0.25, 0.3) is 0 Å². The Morgan fingerprint density at radius 2 is 2.10 bits per heavy atom.